The van der Waals surface area contributed by atoms with Gasteiger partial charge >= 0.3 is 0 Å². The molecule has 14 rings (SSSR count). The highest BCUT2D eigenvalue weighted by Crippen LogP contribution is 2.45. The second-order valence-electron chi connectivity index (χ2n) is 29.3. The summed E-state index contributed by atoms with van der Waals surface area (Å²) in [7, 11) is 0. The molecule has 0 amide bonds. The number of oxazole rings is 1. The quantitative estimate of drug-likeness (QED) is 0.0250. The van der Waals surface area contributed by atoms with Gasteiger partial charge in [-0.2, -0.15) is 40.8 Å². The van der Waals surface area contributed by atoms with E-state index in [-0.39, 0.29) is 75.9 Å². The zero-order valence-electron chi connectivity index (χ0n) is 60.6. The van der Waals surface area contributed by atoms with Crippen LogP contribution in [0.3, 0.4) is 0 Å². The van der Waals surface area contributed by atoms with Crippen LogP contribution in [-0.4, -0.2) is 168 Å². The molecule has 4 fully saturated rings. The van der Waals surface area contributed by atoms with Crippen LogP contribution in [0.15, 0.2) is 113 Å². The molecule has 1 aliphatic heterocycles. The number of nitrogens with zero attached hydrogens (tertiary/aromatic N) is 15. The average Bonchev–Trinajstić information content (AvgIpc) is 1.61. The van der Waals surface area contributed by atoms with Crippen molar-refractivity contribution in [2.75, 3.05) is 75.3 Å². The maximum atomic E-state index is 9.98. The molecule has 4 aliphatic carbocycles. The maximum absolute atomic E-state index is 9.98. The van der Waals surface area contributed by atoms with E-state index < -0.39 is 0 Å². The first-order chi connectivity index (χ1) is 50.4. The number of benzene rings is 2. The van der Waals surface area contributed by atoms with Gasteiger partial charge in [0, 0.05) is 114 Å². The lowest BCUT2D eigenvalue weighted by molar-refractivity contribution is -0.0512. The first-order valence-electron chi connectivity index (χ1n) is 35.3. The van der Waals surface area contributed by atoms with Crippen molar-refractivity contribution in [3.8, 4) is 30.6 Å². The highest BCUT2D eigenvalue weighted by Gasteiger charge is 2.50. The van der Waals surface area contributed by atoms with Crippen LogP contribution < -0.4 is 42.5 Å². The third kappa shape index (κ3) is 17.5. The van der Waals surface area contributed by atoms with E-state index in [1.165, 1.54) is 40.8 Å². The number of terminal acetylenes is 1. The average molecular weight is 1430 g/mol. The van der Waals surface area contributed by atoms with E-state index in [0.29, 0.717) is 133 Å². The van der Waals surface area contributed by atoms with Crippen LogP contribution in [0.1, 0.15) is 133 Å². The van der Waals surface area contributed by atoms with Crippen molar-refractivity contribution >= 4 is 75.3 Å². The number of aryl methyl sites for hydroxylation is 1. The number of allylic oxidation sites excluding steroid dienone is 1. The molecule has 5 aliphatic rings. The topological polar surface area (TPSA) is 424 Å². The van der Waals surface area contributed by atoms with Crippen molar-refractivity contribution in [3.63, 3.8) is 0 Å². The van der Waals surface area contributed by atoms with Crippen LogP contribution in [0.25, 0.3) is 22.0 Å². The molecule has 7 aromatic heterocycles. The minimum absolute atomic E-state index is 0. The summed E-state index contributed by atoms with van der Waals surface area (Å²) in [6.07, 6.45) is 22.8. The zero-order chi connectivity index (χ0) is 74.6. The highest BCUT2D eigenvalue weighted by atomic mass is 16.3. The van der Waals surface area contributed by atoms with Crippen LogP contribution in [0.2, 0.25) is 0 Å². The van der Waals surface area contributed by atoms with Crippen molar-refractivity contribution in [3.05, 3.63) is 143 Å². The lowest BCUT2D eigenvalue weighted by Gasteiger charge is -2.49. The van der Waals surface area contributed by atoms with Crippen molar-refractivity contribution in [2.24, 2.45) is 26.7 Å². The molecule has 0 spiro atoms. The van der Waals surface area contributed by atoms with Crippen LogP contribution in [0.5, 0.6) is 0 Å². The number of aromatic amines is 1. The van der Waals surface area contributed by atoms with E-state index in [9.17, 15) is 36.2 Å². The first kappa shape index (κ1) is 74.8. The van der Waals surface area contributed by atoms with E-state index in [1.54, 1.807) is 12.4 Å². The van der Waals surface area contributed by atoms with Crippen LogP contribution in [0.4, 0.5) is 47.1 Å². The number of rotatable bonds is 24. The Kier molecular flexibility index (Phi) is 23.2. The van der Waals surface area contributed by atoms with E-state index in [4.69, 9.17) is 10.8 Å². The maximum Gasteiger partial charge on any atom is 0.224 e. The van der Waals surface area contributed by atoms with E-state index in [0.717, 1.165) is 42.6 Å². The largest absolute Gasteiger partial charge is 0.441 e. The number of anilines is 8. The molecule has 4 saturated carbocycles. The minimum Gasteiger partial charge on any atom is -0.441 e. The smallest absolute Gasteiger partial charge is 0.224 e. The van der Waals surface area contributed by atoms with Gasteiger partial charge in [0.05, 0.1) is 67.5 Å². The summed E-state index contributed by atoms with van der Waals surface area (Å²) in [4.78, 5) is 43.4. The predicted molar refractivity (Wildman–Crippen MR) is 413 cm³/mol. The van der Waals surface area contributed by atoms with Gasteiger partial charge in [0.1, 0.15) is 63.7 Å². The number of nitrogens with one attached hydrogen (secondary N) is 9. The van der Waals surface area contributed by atoms with Gasteiger partial charge in [-0.25, -0.2) is 24.9 Å². The summed E-state index contributed by atoms with van der Waals surface area (Å²) in [5.41, 5.74) is 7.28. The number of hydrogen-bond donors (Lipinski definition) is 13. The third-order valence-corrected chi connectivity index (χ3v) is 21.1. The Morgan fingerprint density at radius 3 is 1.43 bits per heavy atom. The first-order valence-corrected chi connectivity index (χ1v) is 35.3. The minimum atomic E-state index is -0.355. The van der Waals surface area contributed by atoms with Crippen LogP contribution in [0, 0.1) is 74.9 Å². The zero-order valence-corrected chi connectivity index (χ0v) is 60.6. The Balaban J connectivity index is 0.000000200. The van der Waals surface area contributed by atoms with Gasteiger partial charge in [-0.1, -0.05) is 91.6 Å². The molecule has 9 aromatic rings. The van der Waals surface area contributed by atoms with Crippen LogP contribution >= 0.6 is 0 Å². The predicted octanol–water partition coefficient (Wildman–Crippen LogP) is 10.1. The Hall–Kier alpha value is -11.3. The molecular weight excluding hydrogens is 1330 g/mol. The van der Waals surface area contributed by atoms with Crippen molar-refractivity contribution in [1.82, 2.24) is 59.6 Å². The SMILES string of the molecule is C#Cc1cnc(NCCn2c(C)cc3ccccc32)nc1N[C@@H]1C[C@H](O)C1(C)C.CC1(C)[C@@H](O)C[C@H]1Nc1nc(NCCC2=CC=NC2)ncc1C#N.CC1(C)[C@@H](O)C[C@H]1Nc1nc(NCCc2cn[nH]c2)ncc1C#N.CC1(C)[C@@H](O)C[C@H]1Nc1nc(NCCc2nc3ccccc3o2)ncc1C#N.[HH].[HH].[HH].[HH]. The monoisotopic (exact) mass is 1430 g/mol. The molecular formula is C76H100N24O5. The van der Waals surface area contributed by atoms with Crippen LogP contribution in [-0.2, 0) is 19.4 Å². The molecule has 0 saturated heterocycles. The molecule has 105 heavy (non-hydrogen) atoms. The summed E-state index contributed by atoms with van der Waals surface area (Å²) in [5, 5.41) is 101. The fraction of sp³-hybridized carbons (Fsp3) is 0.447. The van der Waals surface area contributed by atoms with Gasteiger partial charge in [-0.15, -0.1) is 6.42 Å². The Morgan fingerprint density at radius 1 is 0.562 bits per heavy atom. The van der Waals surface area contributed by atoms with Crippen molar-refractivity contribution in [2.45, 2.75) is 162 Å². The molecule has 13 N–H and O–H groups in total. The molecule has 554 valence electrons. The fourth-order valence-electron chi connectivity index (χ4n) is 12.8. The molecule has 8 atom stereocenters. The molecule has 0 bridgehead atoms. The number of para-hydroxylation sites is 3. The Morgan fingerprint density at radius 2 is 1.00 bits per heavy atom. The number of nitriles is 3. The Bertz CT molecular complexity index is 4740. The van der Waals surface area contributed by atoms with Crippen molar-refractivity contribution in [1.29, 1.82) is 15.8 Å². The number of aliphatic hydroxyl groups excluding tert-OH is 4. The van der Waals surface area contributed by atoms with Gasteiger partial charge in [0.25, 0.3) is 0 Å². The third-order valence-electron chi connectivity index (χ3n) is 21.1. The van der Waals surface area contributed by atoms with Gasteiger partial charge < -0.3 is 71.9 Å². The molecule has 2 aromatic carbocycles. The lowest BCUT2D eigenvalue weighted by Crippen LogP contribution is -2.57. The summed E-state index contributed by atoms with van der Waals surface area (Å²) in [6.45, 7) is 22.4. The summed E-state index contributed by atoms with van der Waals surface area (Å²) < 4.78 is 7.99. The lowest BCUT2D eigenvalue weighted by atomic mass is 9.64. The Labute approximate surface area is 616 Å². The normalized spacial score (nSPS) is 21.4. The second-order valence-corrected chi connectivity index (χ2v) is 29.3. The van der Waals surface area contributed by atoms with E-state index in [2.05, 4.69) is 169 Å². The van der Waals surface area contributed by atoms with Gasteiger partial charge in [-0.3, -0.25) is 10.1 Å². The van der Waals surface area contributed by atoms with E-state index >= 15 is 0 Å². The highest BCUT2D eigenvalue weighted by molar-refractivity contribution is 5.81. The number of H-pyrrole nitrogens is 1. The number of aliphatic hydroxyl groups is 4. The number of aliphatic imine (C=N–C) groups is 1. The molecule has 29 heteroatoms. The standard InChI is InChI=1S/C23H27N5O.C20H22N6O2.C17H22N6O.C16H21N7O.4H2/c1-5-16-14-25-22(27-21(16)26-19-13-20(29)23(19,3)4)24-10-11-28-15(2)12-17-8-6-7-9-18(17)28;1-20(2)15(9-16(20)27)25-18-12(10-21)11-23-19(26-18)22-8-7-17-24-13-5-3-4-6-14(13)28-17;1-17(2)13(7-14(17)24)22-15-12(8-18)10-21-16(23-15)20-6-4-11-3-5-19-9-11;1-16(2)12(5-13(16)24)22-14-11(6-17)9-19-15(23-14)18-4-3-10-7-20-21-8-10;;;;/h1,6-9,12,14,19-20,29H,10-11,13H2,2-4H3,(H2,24,25,26,27);3-6,11,15-16,27H,7-9H2,1-2H3,(H2,22,23,25,26);3,5,10,13-14,24H,4,6-7,9H2,1-2H3,(H2,20,21,22,23);7-9,12-13,24H,3-5H2,1-2H3,(H,20,21)(H2,18,19,22,23);4*1H/t19-,20+;15-,16+;13-,14+;12-,13+;;;;/m1111..../s1. The van der Waals surface area contributed by atoms with Crippen molar-refractivity contribution < 1.29 is 30.5 Å². The molecule has 8 heterocycles. The number of hydrogen-bond acceptors (Lipinski definition) is 27. The summed E-state index contributed by atoms with van der Waals surface area (Å²) in [5.74, 6) is 7.35. The fourth-order valence-corrected chi connectivity index (χ4v) is 12.8. The molecule has 0 unspecified atom stereocenters. The van der Waals surface area contributed by atoms with Gasteiger partial charge in [0.15, 0.2) is 11.5 Å². The molecule has 29 nitrogen and oxygen atoms in total. The second kappa shape index (κ2) is 32.5. The summed E-state index contributed by atoms with van der Waals surface area (Å²) in [6, 6.07) is 24.9. The number of aromatic nitrogens is 12. The molecule has 0 radical (unpaired) electrons. The van der Waals surface area contributed by atoms with Gasteiger partial charge in [0.2, 0.25) is 23.8 Å². The summed E-state index contributed by atoms with van der Waals surface area (Å²) >= 11 is 0. The number of fused-ring (bicyclic) bond motifs is 2. The van der Waals surface area contributed by atoms with E-state index in [1.807, 2.05) is 98.1 Å². The van der Waals surface area contributed by atoms with Gasteiger partial charge in [-0.05, 0) is 92.3 Å².